The van der Waals surface area contributed by atoms with Gasteiger partial charge in [0.1, 0.15) is 0 Å². The number of hydrogen-bond donors (Lipinski definition) is 1. The normalized spacial score (nSPS) is 10.7. The molecule has 26 heavy (non-hydrogen) atoms. The Labute approximate surface area is 157 Å². The number of hydrogen-bond acceptors (Lipinski definition) is 4. The first-order valence-corrected chi connectivity index (χ1v) is 9.64. The van der Waals surface area contributed by atoms with Crippen LogP contribution in [0.5, 0.6) is 0 Å². The number of aromatic nitrogens is 3. The van der Waals surface area contributed by atoms with Crippen molar-refractivity contribution < 1.29 is 4.79 Å². The molecule has 1 heterocycles. The first-order chi connectivity index (χ1) is 12.7. The summed E-state index contributed by atoms with van der Waals surface area (Å²) in [5, 5.41) is 12.3. The van der Waals surface area contributed by atoms with Crippen molar-refractivity contribution in [3.63, 3.8) is 0 Å². The van der Waals surface area contributed by atoms with Crippen LogP contribution in [0, 0.1) is 6.92 Å². The number of aryl methyl sites for hydroxylation is 1. The molecule has 0 radical (unpaired) electrons. The van der Waals surface area contributed by atoms with Crippen molar-refractivity contribution in [2.24, 2.45) is 0 Å². The number of carbonyl (C=O) groups is 1. The zero-order valence-corrected chi connectivity index (χ0v) is 15.8. The summed E-state index contributed by atoms with van der Waals surface area (Å²) in [5.41, 5.74) is 3.03. The minimum atomic E-state index is -0.0515. The zero-order chi connectivity index (χ0) is 18.4. The Hall–Kier alpha value is -2.60. The molecule has 0 spiro atoms. The number of benzene rings is 2. The van der Waals surface area contributed by atoms with E-state index >= 15 is 0 Å². The van der Waals surface area contributed by atoms with Crippen molar-refractivity contribution in [3.05, 3.63) is 60.2 Å². The Bertz CT molecular complexity index is 877. The molecular formula is C20H22N4OS. The van der Waals surface area contributed by atoms with E-state index in [-0.39, 0.29) is 5.91 Å². The van der Waals surface area contributed by atoms with Gasteiger partial charge < -0.3 is 9.88 Å². The minimum absolute atomic E-state index is 0.0515. The standard InChI is InChI=1S/C20H22N4OS/c1-3-12-24-19(16-9-7-8-15(2)13-16)22-23-20(24)26-14-18(25)21-17-10-5-4-6-11-17/h4-11,13H,3,12,14H2,1-2H3,(H,21,25). The fourth-order valence-corrected chi connectivity index (χ4v) is 3.43. The van der Waals surface area contributed by atoms with Gasteiger partial charge in [-0.3, -0.25) is 4.79 Å². The molecule has 0 bridgehead atoms. The summed E-state index contributed by atoms with van der Waals surface area (Å²) >= 11 is 1.41. The van der Waals surface area contributed by atoms with Crippen molar-refractivity contribution in [2.45, 2.75) is 32.0 Å². The van der Waals surface area contributed by atoms with Crippen LogP contribution in [-0.2, 0) is 11.3 Å². The van der Waals surface area contributed by atoms with Crippen LogP contribution in [0.25, 0.3) is 11.4 Å². The van der Waals surface area contributed by atoms with E-state index in [0.717, 1.165) is 35.2 Å². The van der Waals surface area contributed by atoms with Crippen molar-refractivity contribution in [1.82, 2.24) is 14.8 Å². The van der Waals surface area contributed by atoms with Gasteiger partial charge in [0.05, 0.1) is 5.75 Å². The fourth-order valence-electron chi connectivity index (χ4n) is 2.67. The molecule has 6 heteroatoms. The molecule has 0 aliphatic carbocycles. The van der Waals surface area contributed by atoms with Gasteiger partial charge in [0.15, 0.2) is 11.0 Å². The molecule has 1 amide bonds. The summed E-state index contributed by atoms with van der Waals surface area (Å²) in [4.78, 5) is 12.2. The molecule has 0 aliphatic rings. The van der Waals surface area contributed by atoms with Crippen LogP contribution in [0.1, 0.15) is 18.9 Å². The van der Waals surface area contributed by atoms with E-state index in [2.05, 4.69) is 46.1 Å². The molecule has 0 fully saturated rings. The van der Waals surface area contributed by atoms with E-state index in [4.69, 9.17) is 0 Å². The van der Waals surface area contributed by atoms with Crippen LogP contribution in [-0.4, -0.2) is 26.4 Å². The van der Waals surface area contributed by atoms with Gasteiger partial charge in [-0.15, -0.1) is 10.2 Å². The smallest absolute Gasteiger partial charge is 0.234 e. The largest absolute Gasteiger partial charge is 0.325 e. The summed E-state index contributed by atoms with van der Waals surface area (Å²) in [6.45, 7) is 5.00. The number of anilines is 1. The van der Waals surface area contributed by atoms with Crippen molar-refractivity contribution >= 4 is 23.4 Å². The number of nitrogens with one attached hydrogen (secondary N) is 1. The molecule has 0 unspecified atom stereocenters. The SMILES string of the molecule is CCCn1c(SCC(=O)Nc2ccccc2)nnc1-c1cccc(C)c1. The van der Waals surface area contributed by atoms with Gasteiger partial charge in [-0.25, -0.2) is 0 Å². The van der Waals surface area contributed by atoms with Gasteiger partial charge >= 0.3 is 0 Å². The molecule has 3 aromatic rings. The molecule has 0 saturated heterocycles. The van der Waals surface area contributed by atoms with Gasteiger partial charge in [-0.05, 0) is 31.5 Å². The predicted octanol–water partition coefficient (Wildman–Crippen LogP) is 4.39. The number of thioether (sulfide) groups is 1. The summed E-state index contributed by atoms with van der Waals surface area (Å²) in [6.07, 6.45) is 0.973. The summed E-state index contributed by atoms with van der Waals surface area (Å²) in [5.74, 6) is 1.09. The number of para-hydroxylation sites is 1. The van der Waals surface area contributed by atoms with Crippen molar-refractivity contribution in [2.75, 3.05) is 11.1 Å². The third-order valence-corrected chi connectivity index (χ3v) is 4.80. The Morgan fingerprint density at radius 3 is 2.65 bits per heavy atom. The first kappa shape index (κ1) is 18.2. The van der Waals surface area contributed by atoms with Gasteiger partial charge in [-0.2, -0.15) is 0 Å². The molecule has 0 saturated carbocycles. The molecular weight excluding hydrogens is 344 g/mol. The Balaban J connectivity index is 1.72. The first-order valence-electron chi connectivity index (χ1n) is 8.65. The number of carbonyl (C=O) groups excluding carboxylic acids is 1. The van der Waals surface area contributed by atoms with Crippen LogP contribution in [0.3, 0.4) is 0 Å². The van der Waals surface area contributed by atoms with Crippen LogP contribution in [0.2, 0.25) is 0 Å². The average Bonchev–Trinajstić information content (AvgIpc) is 3.04. The second kappa shape index (κ2) is 8.67. The van der Waals surface area contributed by atoms with Crippen molar-refractivity contribution in [3.8, 4) is 11.4 Å². The van der Waals surface area contributed by atoms with Crippen molar-refractivity contribution in [1.29, 1.82) is 0 Å². The molecule has 0 atom stereocenters. The second-order valence-electron chi connectivity index (χ2n) is 6.03. The summed E-state index contributed by atoms with van der Waals surface area (Å²) < 4.78 is 2.09. The third-order valence-electron chi connectivity index (χ3n) is 3.83. The highest BCUT2D eigenvalue weighted by molar-refractivity contribution is 7.99. The molecule has 1 aromatic heterocycles. The number of nitrogens with zero attached hydrogens (tertiary/aromatic N) is 3. The highest BCUT2D eigenvalue weighted by Gasteiger charge is 2.15. The van der Waals surface area contributed by atoms with Gasteiger partial charge in [0.2, 0.25) is 5.91 Å². The molecule has 2 aromatic carbocycles. The van der Waals surface area contributed by atoms with E-state index in [0.29, 0.717) is 5.75 Å². The monoisotopic (exact) mass is 366 g/mol. The quantitative estimate of drug-likeness (QED) is 0.630. The fraction of sp³-hybridized carbons (Fsp3) is 0.250. The van der Waals surface area contributed by atoms with Gasteiger partial charge in [-0.1, -0.05) is 60.6 Å². The van der Waals surface area contributed by atoms with Gasteiger partial charge in [0, 0.05) is 17.8 Å². The molecule has 3 rings (SSSR count). The highest BCUT2D eigenvalue weighted by atomic mass is 32.2. The van der Waals surface area contributed by atoms with Crippen LogP contribution in [0.4, 0.5) is 5.69 Å². The maximum absolute atomic E-state index is 12.2. The lowest BCUT2D eigenvalue weighted by atomic mass is 10.1. The molecule has 134 valence electrons. The Morgan fingerprint density at radius 1 is 1.12 bits per heavy atom. The van der Waals surface area contributed by atoms with E-state index in [9.17, 15) is 4.79 Å². The van der Waals surface area contributed by atoms with E-state index in [1.807, 2.05) is 42.5 Å². The highest BCUT2D eigenvalue weighted by Crippen LogP contribution is 2.25. The van der Waals surface area contributed by atoms with Crippen LogP contribution >= 0.6 is 11.8 Å². The summed E-state index contributed by atoms with van der Waals surface area (Å²) in [6, 6.07) is 17.7. The number of amides is 1. The minimum Gasteiger partial charge on any atom is -0.325 e. The maximum Gasteiger partial charge on any atom is 0.234 e. The lowest BCUT2D eigenvalue weighted by molar-refractivity contribution is -0.113. The molecule has 0 aliphatic heterocycles. The van der Waals surface area contributed by atoms with E-state index in [1.165, 1.54) is 17.3 Å². The lowest BCUT2D eigenvalue weighted by Crippen LogP contribution is -2.14. The third kappa shape index (κ3) is 4.52. The van der Waals surface area contributed by atoms with Crippen LogP contribution < -0.4 is 5.32 Å². The average molecular weight is 366 g/mol. The number of rotatable bonds is 7. The maximum atomic E-state index is 12.2. The Morgan fingerprint density at radius 2 is 1.92 bits per heavy atom. The lowest BCUT2D eigenvalue weighted by Gasteiger charge is -2.09. The molecule has 5 nitrogen and oxygen atoms in total. The summed E-state index contributed by atoms with van der Waals surface area (Å²) in [7, 11) is 0. The van der Waals surface area contributed by atoms with Gasteiger partial charge in [0.25, 0.3) is 0 Å². The van der Waals surface area contributed by atoms with E-state index in [1.54, 1.807) is 0 Å². The second-order valence-corrected chi connectivity index (χ2v) is 6.97. The van der Waals surface area contributed by atoms with E-state index < -0.39 is 0 Å². The molecule has 1 N–H and O–H groups in total. The van der Waals surface area contributed by atoms with Crippen LogP contribution in [0.15, 0.2) is 59.8 Å². The topological polar surface area (TPSA) is 59.8 Å². The zero-order valence-electron chi connectivity index (χ0n) is 15.0. The Kier molecular flexibility index (Phi) is 6.07. The predicted molar refractivity (Wildman–Crippen MR) is 106 cm³/mol.